The molecule has 0 spiro atoms. The van der Waals surface area contributed by atoms with Gasteiger partial charge in [-0.05, 0) is 18.6 Å². The first-order valence-electron chi connectivity index (χ1n) is 5.73. The Morgan fingerprint density at radius 2 is 2.11 bits per heavy atom. The van der Waals surface area contributed by atoms with Gasteiger partial charge in [0.25, 0.3) is 10.2 Å². The van der Waals surface area contributed by atoms with Gasteiger partial charge in [-0.3, -0.25) is 0 Å². The molecule has 0 aliphatic heterocycles. The van der Waals surface area contributed by atoms with Gasteiger partial charge < -0.3 is 0 Å². The molecular formula is C12H16ClN3O2S. The molecule has 0 saturated carbocycles. The maximum atomic E-state index is 12.0. The number of hydrogen-bond donors (Lipinski definition) is 1. The zero-order chi connectivity index (χ0) is 14.5. The molecule has 1 N–H and O–H groups in total. The molecule has 0 fully saturated rings. The van der Waals surface area contributed by atoms with Crippen LogP contribution in [0.2, 0.25) is 5.02 Å². The fraction of sp³-hybridized carbons (Fsp3) is 0.417. The molecule has 0 aromatic heterocycles. The predicted octanol–water partition coefficient (Wildman–Crippen LogP) is 2.08. The molecule has 0 radical (unpaired) electrons. The van der Waals surface area contributed by atoms with E-state index in [9.17, 15) is 8.42 Å². The van der Waals surface area contributed by atoms with Crippen molar-refractivity contribution in [2.75, 3.05) is 13.6 Å². The van der Waals surface area contributed by atoms with Crippen LogP contribution in [0, 0.1) is 11.3 Å². The van der Waals surface area contributed by atoms with Gasteiger partial charge in [0.05, 0.1) is 6.07 Å². The van der Waals surface area contributed by atoms with Gasteiger partial charge in [0, 0.05) is 31.1 Å². The maximum absolute atomic E-state index is 12.0. The van der Waals surface area contributed by atoms with E-state index in [0.717, 1.165) is 4.31 Å². The van der Waals surface area contributed by atoms with E-state index in [-0.39, 0.29) is 13.0 Å². The van der Waals surface area contributed by atoms with Crippen molar-refractivity contribution in [1.29, 1.82) is 5.26 Å². The van der Waals surface area contributed by atoms with E-state index in [4.69, 9.17) is 16.9 Å². The summed E-state index contributed by atoms with van der Waals surface area (Å²) in [6.45, 7) is 1.87. The lowest BCUT2D eigenvalue weighted by atomic mass is 10.1. The van der Waals surface area contributed by atoms with Crippen LogP contribution in [0.1, 0.15) is 24.9 Å². The third-order valence-corrected chi connectivity index (χ3v) is 4.65. The minimum atomic E-state index is -3.62. The monoisotopic (exact) mass is 301 g/mol. The maximum Gasteiger partial charge on any atom is 0.279 e. The van der Waals surface area contributed by atoms with Gasteiger partial charge in [0.15, 0.2) is 0 Å². The Morgan fingerprint density at radius 3 is 2.68 bits per heavy atom. The van der Waals surface area contributed by atoms with Crippen molar-refractivity contribution in [2.24, 2.45) is 0 Å². The molecule has 0 aliphatic rings. The molecule has 19 heavy (non-hydrogen) atoms. The van der Waals surface area contributed by atoms with Crippen LogP contribution in [0.25, 0.3) is 0 Å². The van der Waals surface area contributed by atoms with Crippen molar-refractivity contribution in [3.05, 3.63) is 34.9 Å². The van der Waals surface area contributed by atoms with Crippen LogP contribution in [-0.2, 0) is 10.2 Å². The van der Waals surface area contributed by atoms with Gasteiger partial charge in [-0.1, -0.05) is 29.8 Å². The third kappa shape index (κ3) is 4.48. The highest BCUT2D eigenvalue weighted by Gasteiger charge is 2.21. The molecule has 0 bridgehead atoms. The summed E-state index contributed by atoms with van der Waals surface area (Å²) in [6.07, 6.45) is 0.151. The number of nitriles is 1. The smallest absolute Gasteiger partial charge is 0.198 e. The lowest BCUT2D eigenvalue weighted by Crippen LogP contribution is -2.39. The Bertz CT molecular complexity index is 569. The van der Waals surface area contributed by atoms with Gasteiger partial charge in [0.2, 0.25) is 0 Å². The average Bonchev–Trinajstić information content (AvgIpc) is 2.35. The van der Waals surface area contributed by atoms with Gasteiger partial charge in [0.1, 0.15) is 0 Å². The average molecular weight is 302 g/mol. The van der Waals surface area contributed by atoms with Crippen LogP contribution in [0.3, 0.4) is 0 Å². The van der Waals surface area contributed by atoms with Crippen molar-refractivity contribution in [3.8, 4) is 6.07 Å². The van der Waals surface area contributed by atoms with Gasteiger partial charge in [-0.15, -0.1) is 0 Å². The minimum Gasteiger partial charge on any atom is -0.198 e. The molecule has 1 atom stereocenters. The molecular weight excluding hydrogens is 286 g/mol. The van der Waals surface area contributed by atoms with E-state index in [1.165, 1.54) is 7.05 Å². The molecule has 0 aliphatic carbocycles. The van der Waals surface area contributed by atoms with E-state index in [2.05, 4.69) is 4.72 Å². The molecule has 1 rings (SSSR count). The summed E-state index contributed by atoms with van der Waals surface area (Å²) >= 11 is 6.02. The largest absolute Gasteiger partial charge is 0.279 e. The zero-order valence-corrected chi connectivity index (χ0v) is 12.4. The van der Waals surface area contributed by atoms with Crippen molar-refractivity contribution in [2.45, 2.75) is 19.4 Å². The quantitative estimate of drug-likeness (QED) is 0.874. The van der Waals surface area contributed by atoms with Crippen LogP contribution < -0.4 is 4.72 Å². The zero-order valence-electron chi connectivity index (χ0n) is 10.8. The molecule has 0 heterocycles. The van der Waals surface area contributed by atoms with Gasteiger partial charge in [-0.2, -0.15) is 22.7 Å². The Balaban J connectivity index is 2.79. The Kier molecular flexibility index (Phi) is 5.76. The number of benzene rings is 1. The minimum absolute atomic E-state index is 0.151. The SMILES string of the molecule is CC(NS(=O)(=O)N(C)CCC#N)c1ccccc1Cl. The lowest BCUT2D eigenvalue weighted by Gasteiger charge is -2.21. The molecule has 0 saturated heterocycles. The predicted molar refractivity (Wildman–Crippen MR) is 74.8 cm³/mol. The van der Waals surface area contributed by atoms with Crippen molar-refractivity contribution in [1.82, 2.24) is 9.03 Å². The van der Waals surface area contributed by atoms with Crippen molar-refractivity contribution in [3.63, 3.8) is 0 Å². The highest BCUT2D eigenvalue weighted by Crippen LogP contribution is 2.22. The Labute approximate surface area is 119 Å². The molecule has 0 amide bonds. The topological polar surface area (TPSA) is 73.2 Å². The summed E-state index contributed by atoms with van der Waals surface area (Å²) in [4.78, 5) is 0. The van der Waals surface area contributed by atoms with E-state index < -0.39 is 16.3 Å². The van der Waals surface area contributed by atoms with Crippen LogP contribution in [0.15, 0.2) is 24.3 Å². The molecule has 5 nitrogen and oxygen atoms in total. The molecule has 7 heteroatoms. The first-order chi connectivity index (χ1) is 8.88. The summed E-state index contributed by atoms with van der Waals surface area (Å²) in [5.74, 6) is 0. The van der Waals surface area contributed by atoms with Gasteiger partial charge in [-0.25, -0.2) is 0 Å². The summed E-state index contributed by atoms with van der Waals surface area (Å²) < 4.78 is 27.6. The number of halogens is 1. The summed E-state index contributed by atoms with van der Waals surface area (Å²) in [6, 6.07) is 8.53. The second kappa shape index (κ2) is 6.87. The van der Waals surface area contributed by atoms with Crippen molar-refractivity contribution < 1.29 is 8.42 Å². The highest BCUT2D eigenvalue weighted by molar-refractivity contribution is 7.87. The Morgan fingerprint density at radius 1 is 1.47 bits per heavy atom. The molecule has 1 unspecified atom stereocenters. The number of nitrogens with one attached hydrogen (secondary N) is 1. The number of hydrogen-bond acceptors (Lipinski definition) is 3. The normalized spacial score (nSPS) is 13.2. The standard InChI is InChI=1S/C12H16ClN3O2S/c1-10(11-6-3-4-7-12(11)13)15-19(17,18)16(2)9-5-8-14/h3-4,6-7,10,15H,5,9H2,1-2H3. The van der Waals surface area contributed by atoms with E-state index in [1.807, 2.05) is 6.07 Å². The molecule has 104 valence electrons. The number of nitrogens with zero attached hydrogens (tertiary/aromatic N) is 2. The first kappa shape index (κ1) is 15.9. The lowest BCUT2D eigenvalue weighted by molar-refractivity contribution is 0.456. The summed E-state index contributed by atoms with van der Waals surface area (Å²) in [5.41, 5.74) is 0.710. The summed E-state index contributed by atoms with van der Waals surface area (Å²) in [7, 11) is -2.19. The molecule has 1 aromatic carbocycles. The van der Waals surface area contributed by atoms with E-state index in [1.54, 1.807) is 31.2 Å². The molecule has 1 aromatic rings. The fourth-order valence-electron chi connectivity index (χ4n) is 1.53. The van der Waals surface area contributed by atoms with Crippen LogP contribution in [-0.4, -0.2) is 26.3 Å². The fourth-order valence-corrected chi connectivity index (χ4v) is 2.92. The first-order valence-corrected chi connectivity index (χ1v) is 7.55. The van der Waals surface area contributed by atoms with Crippen LogP contribution in [0.4, 0.5) is 0 Å². The second-order valence-corrected chi connectivity index (χ2v) is 6.31. The summed E-state index contributed by atoms with van der Waals surface area (Å²) in [5, 5.41) is 8.98. The van der Waals surface area contributed by atoms with Crippen LogP contribution >= 0.6 is 11.6 Å². The Hall–Kier alpha value is -1.13. The number of rotatable bonds is 6. The highest BCUT2D eigenvalue weighted by atomic mass is 35.5. The van der Waals surface area contributed by atoms with Crippen LogP contribution in [0.5, 0.6) is 0 Å². The van der Waals surface area contributed by atoms with Crippen molar-refractivity contribution >= 4 is 21.8 Å². The second-order valence-electron chi connectivity index (χ2n) is 4.10. The third-order valence-electron chi connectivity index (χ3n) is 2.65. The van der Waals surface area contributed by atoms with E-state index in [0.29, 0.717) is 10.6 Å². The van der Waals surface area contributed by atoms with Gasteiger partial charge >= 0.3 is 0 Å². The van der Waals surface area contributed by atoms with E-state index >= 15 is 0 Å².